The van der Waals surface area contributed by atoms with Crippen molar-refractivity contribution in [3.05, 3.63) is 125 Å². The molecule has 248 valence electrons. The molecule has 0 radical (unpaired) electrons. The summed E-state index contributed by atoms with van der Waals surface area (Å²) in [5.74, 6) is -0.560. The van der Waals surface area contributed by atoms with E-state index in [1.807, 2.05) is 102 Å². The molecule has 0 saturated carbocycles. The number of benzene rings is 4. The third kappa shape index (κ3) is 9.23. The molecule has 47 heavy (non-hydrogen) atoms. The van der Waals surface area contributed by atoms with Crippen LogP contribution in [0, 0.1) is 20.8 Å². The number of aryl methyl sites for hydroxylation is 3. The van der Waals surface area contributed by atoms with Gasteiger partial charge in [-0.25, -0.2) is 8.42 Å². The van der Waals surface area contributed by atoms with Crippen LogP contribution < -0.4 is 14.4 Å². The Morgan fingerprint density at radius 2 is 1.40 bits per heavy atom. The second-order valence-corrected chi connectivity index (χ2v) is 14.8. The van der Waals surface area contributed by atoms with E-state index in [9.17, 15) is 18.0 Å². The smallest absolute Gasteiger partial charge is 0.264 e. The van der Waals surface area contributed by atoms with Gasteiger partial charge in [0.2, 0.25) is 11.8 Å². The summed E-state index contributed by atoms with van der Waals surface area (Å²) in [5.41, 5.74) is 4.05. The van der Waals surface area contributed by atoms with Crippen LogP contribution >= 0.6 is 0 Å². The molecule has 0 aliphatic carbocycles. The molecule has 0 bridgehead atoms. The first-order valence-corrected chi connectivity index (χ1v) is 17.1. The second kappa shape index (κ2) is 14.9. The van der Waals surface area contributed by atoms with Gasteiger partial charge in [-0.2, -0.15) is 0 Å². The Bertz CT molecular complexity index is 1800. The first-order chi connectivity index (χ1) is 22.2. The minimum absolute atomic E-state index is 0.0380. The van der Waals surface area contributed by atoms with Gasteiger partial charge >= 0.3 is 0 Å². The molecular weight excluding hydrogens is 611 g/mol. The number of anilines is 1. The monoisotopic (exact) mass is 655 g/mol. The molecule has 1 atom stereocenters. The molecule has 0 fully saturated rings. The molecule has 0 heterocycles. The Morgan fingerprint density at radius 3 is 2.02 bits per heavy atom. The highest BCUT2D eigenvalue weighted by Gasteiger charge is 2.36. The molecule has 0 aliphatic rings. The van der Waals surface area contributed by atoms with Crippen LogP contribution in [-0.2, 0) is 32.6 Å². The predicted molar refractivity (Wildman–Crippen MR) is 187 cm³/mol. The minimum Gasteiger partial charge on any atom is -0.495 e. The van der Waals surface area contributed by atoms with Gasteiger partial charge < -0.3 is 15.0 Å². The molecule has 1 N–H and O–H groups in total. The summed E-state index contributed by atoms with van der Waals surface area (Å²) >= 11 is 0. The molecule has 9 heteroatoms. The first kappa shape index (κ1) is 35.2. The number of hydrogen-bond acceptors (Lipinski definition) is 5. The van der Waals surface area contributed by atoms with Gasteiger partial charge in [-0.1, -0.05) is 83.9 Å². The summed E-state index contributed by atoms with van der Waals surface area (Å²) in [7, 11) is -2.80. The number of ether oxygens (including phenoxy) is 1. The van der Waals surface area contributed by atoms with Gasteiger partial charge in [0.25, 0.3) is 10.0 Å². The molecule has 4 aromatic rings. The Balaban J connectivity index is 1.87. The SMILES string of the molecule is COc1ccc(C)cc1N(CC(=O)N(Cc1cccc(C)c1)[C@@H](Cc1ccccc1)C(=O)NC(C)(C)C)S(=O)(=O)c1ccc(C)cc1. The van der Waals surface area contributed by atoms with Crippen molar-refractivity contribution in [3.63, 3.8) is 0 Å². The van der Waals surface area contributed by atoms with E-state index in [0.717, 1.165) is 32.1 Å². The zero-order chi connectivity index (χ0) is 34.4. The predicted octanol–water partition coefficient (Wildman–Crippen LogP) is 6.37. The lowest BCUT2D eigenvalue weighted by atomic mass is 10.0. The van der Waals surface area contributed by atoms with Crippen LogP contribution in [0.2, 0.25) is 0 Å². The molecule has 4 aromatic carbocycles. The third-order valence-corrected chi connectivity index (χ3v) is 9.47. The fraction of sp³-hybridized carbons (Fsp3) is 0.316. The zero-order valence-corrected chi connectivity index (χ0v) is 29.1. The molecule has 0 aliphatic heterocycles. The van der Waals surface area contributed by atoms with Crippen molar-refractivity contribution < 1.29 is 22.7 Å². The van der Waals surface area contributed by atoms with Crippen LogP contribution in [0.1, 0.15) is 48.6 Å². The van der Waals surface area contributed by atoms with Crippen LogP contribution in [0.5, 0.6) is 5.75 Å². The second-order valence-electron chi connectivity index (χ2n) is 13.0. The average Bonchev–Trinajstić information content (AvgIpc) is 3.01. The van der Waals surface area contributed by atoms with E-state index < -0.39 is 34.1 Å². The van der Waals surface area contributed by atoms with E-state index in [0.29, 0.717) is 5.75 Å². The van der Waals surface area contributed by atoms with Crippen LogP contribution in [0.3, 0.4) is 0 Å². The standard InChI is InChI=1S/C38H45N3O5S/c1-27-16-19-32(20-17-27)47(44,45)41(33-23-29(3)18-21-35(33)46-7)26-36(42)40(25-31-15-11-12-28(2)22-31)34(37(43)39-38(4,5)6)24-30-13-9-8-10-14-30/h8-23,34H,24-26H2,1-7H3,(H,39,43)/t34-/m0/s1. The Hall–Kier alpha value is -4.63. The van der Waals surface area contributed by atoms with Gasteiger partial charge in [-0.15, -0.1) is 0 Å². The summed E-state index contributed by atoms with van der Waals surface area (Å²) in [4.78, 5) is 30.3. The maximum Gasteiger partial charge on any atom is 0.264 e. The molecule has 0 aromatic heterocycles. The Kier molecular flexibility index (Phi) is 11.1. The molecule has 0 saturated heterocycles. The number of hydrogen-bond donors (Lipinski definition) is 1. The Morgan fingerprint density at radius 1 is 0.787 bits per heavy atom. The summed E-state index contributed by atoms with van der Waals surface area (Å²) < 4.78 is 35.5. The maximum atomic E-state index is 14.7. The van der Waals surface area contributed by atoms with Gasteiger partial charge in [-0.3, -0.25) is 13.9 Å². The molecular formula is C38H45N3O5S. The highest BCUT2D eigenvalue weighted by atomic mass is 32.2. The maximum absolute atomic E-state index is 14.7. The number of nitrogens with one attached hydrogen (secondary N) is 1. The van der Waals surface area contributed by atoms with Gasteiger partial charge in [-0.05, 0) is 82.5 Å². The minimum atomic E-state index is -4.26. The highest BCUT2D eigenvalue weighted by Crippen LogP contribution is 2.34. The van der Waals surface area contributed by atoms with Crippen molar-refractivity contribution in [3.8, 4) is 5.75 Å². The van der Waals surface area contributed by atoms with Crippen molar-refractivity contribution >= 4 is 27.5 Å². The summed E-state index contributed by atoms with van der Waals surface area (Å²) in [6, 6.07) is 28.0. The van der Waals surface area contributed by atoms with Crippen LogP contribution in [0.25, 0.3) is 0 Å². The van der Waals surface area contributed by atoms with Gasteiger partial charge in [0, 0.05) is 18.5 Å². The molecule has 8 nitrogen and oxygen atoms in total. The lowest BCUT2D eigenvalue weighted by Gasteiger charge is -2.35. The fourth-order valence-corrected chi connectivity index (χ4v) is 6.78. The summed E-state index contributed by atoms with van der Waals surface area (Å²) in [6.07, 6.45) is 0.235. The van der Waals surface area contributed by atoms with Crippen molar-refractivity contribution in [2.24, 2.45) is 0 Å². The first-order valence-electron chi connectivity index (χ1n) is 15.6. The lowest BCUT2D eigenvalue weighted by molar-refractivity contribution is -0.140. The van der Waals surface area contributed by atoms with Crippen molar-refractivity contribution in [1.82, 2.24) is 10.2 Å². The number of amides is 2. The van der Waals surface area contributed by atoms with Crippen LogP contribution in [0.4, 0.5) is 5.69 Å². The Labute approximate surface area is 279 Å². The van der Waals surface area contributed by atoms with E-state index in [4.69, 9.17) is 4.74 Å². The van der Waals surface area contributed by atoms with Crippen molar-refractivity contribution in [2.75, 3.05) is 18.0 Å². The zero-order valence-electron chi connectivity index (χ0n) is 28.3. The van der Waals surface area contributed by atoms with Crippen molar-refractivity contribution in [2.45, 2.75) is 71.0 Å². The number of rotatable bonds is 12. The van der Waals surface area contributed by atoms with Crippen LogP contribution in [-0.4, -0.2) is 50.4 Å². The average molecular weight is 656 g/mol. The normalized spacial score (nSPS) is 12.2. The molecule has 0 spiro atoms. The quantitative estimate of drug-likeness (QED) is 0.191. The highest BCUT2D eigenvalue weighted by molar-refractivity contribution is 7.92. The number of nitrogens with zero attached hydrogens (tertiary/aromatic N) is 2. The van der Waals surface area contributed by atoms with E-state index in [1.165, 1.54) is 24.1 Å². The molecule has 2 amide bonds. The van der Waals surface area contributed by atoms with Gasteiger partial charge in [0.1, 0.15) is 18.3 Å². The lowest BCUT2D eigenvalue weighted by Crippen LogP contribution is -2.56. The van der Waals surface area contributed by atoms with E-state index in [1.54, 1.807) is 24.3 Å². The van der Waals surface area contributed by atoms with E-state index in [-0.39, 0.29) is 29.5 Å². The van der Waals surface area contributed by atoms with Gasteiger partial charge in [0.05, 0.1) is 17.7 Å². The fourth-order valence-electron chi connectivity index (χ4n) is 5.36. The number of carbonyl (C=O) groups is 2. The number of carbonyl (C=O) groups excluding carboxylic acids is 2. The van der Waals surface area contributed by atoms with Gasteiger partial charge in [0.15, 0.2) is 0 Å². The number of sulfonamides is 1. The summed E-state index contributed by atoms with van der Waals surface area (Å²) in [6.45, 7) is 10.9. The largest absolute Gasteiger partial charge is 0.495 e. The van der Waals surface area contributed by atoms with Crippen molar-refractivity contribution in [1.29, 1.82) is 0 Å². The topological polar surface area (TPSA) is 96.0 Å². The van der Waals surface area contributed by atoms with Crippen LogP contribution in [0.15, 0.2) is 102 Å². The molecule has 4 rings (SSSR count). The number of methoxy groups -OCH3 is 1. The summed E-state index contributed by atoms with van der Waals surface area (Å²) in [5, 5.41) is 3.06. The van der Waals surface area contributed by atoms with E-state index >= 15 is 0 Å². The van der Waals surface area contributed by atoms with E-state index in [2.05, 4.69) is 5.32 Å². The third-order valence-electron chi connectivity index (χ3n) is 7.70. The molecule has 0 unspecified atom stereocenters.